The molecule has 0 aromatic rings. The van der Waals surface area contributed by atoms with E-state index in [2.05, 4.69) is 20.8 Å². The Hall–Kier alpha value is 0.799. The Balaban J connectivity index is 3.58. The zero-order chi connectivity index (χ0) is 12.1. The second-order valence-corrected chi connectivity index (χ2v) is 15.2. The second kappa shape index (κ2) is 13.9. The molecule has 0 aromatic carbocycles. The van der Waals surface area contributed by atoms with Crippen molar-refractivity contribution >= 4 is 19.8 Å². The van der Waals surface area contributed by atoms with E-state index < -0.39 is 19.8 Å². The van der Waals surface area contributed by atoms with Gasteiger partial charge < -0.3 is 0 Å². The molecule has 0 N–H and O–H groups in total. The first-order chi connectivity index (χ1) is 7.85. The van der Waals surface area contributed by atoms with E-state index in [4.69, 9.17) is 0 Å². The molecule has 0 bridgehead atoms. The summed E-state index contributed by atoms with van der Waals surface area (Å²) in [4.78, 5) is 0. The maximum absolute atomic E-state index is 2.33. The molecule has 0 saturated heterocycles. The third-order valence-corrected chi connectivity index (χ3v) is 14.1. The SMILES string of the molecule is CCCC[CH2][SnH]([CH2]CCCC)[CH2]CCCC. The van der Waals surface area contributed by atoms with Gasteiger partial charge in [-0.1, -0.05) is 0 Å². The number of hydrogen-bond donors (Lipinski definition) is 0. The van der Waals surface area contributed by atoms with E-state index in [-0.39, 0.29) is 0 Å². The molecule has 0 aliphatic carbocycles. The van der Waals surface area contributed by atoms with Gasteiger partial charge in [0.05, 0.1) is 0 Å². The van der Waals surface area contributed by atoms with Crippen molar-refractivity contribution in [1.82, 2.24) is 0 Å². The van der Waals surface area contributed by atoms with Gasteiger partial charge in [0.2, 0.25) is 0 Å². The van der Waals surface area contributed by atoms with E-state index in [9.17, 15) is 0 Å². The Morgan fingerprint density at radius 3 is 1.06 bits per heavy atom. The summed E-state index contributed by atoms with van der Waals surface area (Å²) < 4.78 is 5.13. The Bertz CT molecular complexity index is 98.8. The topological polar surface area (TPSA) is 0 Å². The van der Waals surface area contributed by atoms with Crippen molar-refractivity contribution in [3.05, 3.63) is 0 Å². The van der Waals surface area contributed by atoms with Crippen molar-refractivity contribution in [3.63, 3.8) is 0 Å². The second-order valence-electron chi connectivity index (χ2n) is 5.35. The summed E-state index contributed by atoms with van der Waals surface area (Å²) in [5.41, 5.74) is 0. The fourth-order valence-corrected chi connectivity index (χ4v) is 12.4. The van der Waals surface area contributed by atoms with Crippen LogP contribution in [-0.4, -0.2) is 19.8 Å². The average Bonchev–Trinajstić information content (AvgIpc) is 2.29. The van der Waals surface area contributed by atoms with Crippen LogP contribution in [0.5, 0.6) is 0 Å². The minimum absolute atomic E-state index is 1.03. The minimum atomic E-state index is -1.03. The molecule has 0 spiro atoms. The average molecular weight is 333 g/mol. The van der Waals surface area contributed by atoms with Gasteiger partial charge in [0, 0.05) is 0 Å². The molecule has 0 aliphatic heterocycles. The van der Waals surface area contributed by atoms with E-state index in [0.29, 0.717) is 0 Å². The molecule has 0 saturated carbocycles. The molecule has 0 fully saturated rings. The predicted octanol–water partition coefficient (Wildman–Crippen LogP) is 5.78. The van der Waals surface area contributed by atoms with Crippen LogP contribution in [0.4, 0.5) is 0 Å². The van der Waals surface area contributed by atoms with E-state index in [1.807, 2.05) is 0 Å². The molecule has 0 nitrogen and oxygen atoms in total. The van der Waals surface area contributed by atoms with Gasteiger partial charge in [-0.15, -0.1) is 0 Å². The van der Waals surface area contributed by atoms with Gasteiger partial charge >= 0.3 is 112 Å². The summed E-state index contributed by atoms with van der Waals surface area (Å²) in [6.07, 6.45) is 13.4. The molecule has 0 radical (unpaired) electrons. The van der Waals surface area contributed by atoms with Gasteiger partial charge in [-0.3, -0.25) is 0 Å². The molecule has 0 rings (SSSR count). The quantitative estimate of drug-likeness (QED) is 0.313. The van der Waals surface area contributed by atoms with E-state index >= 15 is 0 Å². The van der Waals surface area contributed by atoms with Crippen LogP contribution < -0.4 is 0 Å². The first-order valence-electron chi connectivity index (χ1n) is 7.85. The van der Waals surface area contributed by atoms with Crippen LogP contribution in [0.25, 0.3) is 0 Å². The van der Waals surface area contributed by atoms with Crippen molar-refractivity contribution < 1.29 is 0 Å². The number of hydrogen-bond acceptors (Lipinski definition) is 0. The fraction of sp³-hybridized carbons (Fsp3) is 1.00. The maximum atomic E-state index is 2.33. The molecule has 0 amide bonds. The molecule has 0 heterocycles. The fourth-order valence-electron chi connectivity index (χ4n) is 2.48. The monoisotopic (exact) mass is 334 g/mol. The predicted molar refractivity (Wildman–Crippen MR) is 80.1 cm³/mol. The Kier molecular flexibility index (Phi) is 14.6. The summed E-state index contributed by atoms with van der Waals surface area (Å²) in [6, 6.07) is 0. The van der Waals surface area contributed by atoms with E-state index in [0.717, 1.165) is 0 Å². The first-order valence-corrected chi connectivity index (χ1v) is 14.8. The molecule has 0 aliphatic rings. The summed E-state index contributed by atoms with van der Waals surface area (Å²) in [5.74, 6) is 0. The molecule has 0 atom stereocenters. The van der Waals surface area contributed by atoms with Crippen LogP contribution in [0, 0.1) is 0 Å². The molecular weight excluding hydrogens is 299 g/mol. The normalized spacial score (nSPS) is 11.2. The zero-order valence-electron chi connectivity index (χ0n) is 12.1. The summed E-state index contributed by atoms with van der Waals surface area (Å²) in [7, 11) is 0. The third-order valence-electron chi connectivity index (χ3n) is 3.65. The van der Waals surface area contributed by atoms with Gasteiger partial charge in [0.1, 0.15) is 0 Å². The first kappa shape index (κ1) is 16.8. The van der Waals surface area contributed by atoms with Crippen molar-refractivity contribution in [2.75, 3.05) is 0 Å². The van der Waals surface area contributed by atoms with Crippen LogP contribution >= 0.6 is 0 Å². The Labute approximate surface area is 111 Å². The van der Waals surface area contributed by atoms with Gasteiger partial charge in [-0.05, 0) is 0 Å². The standard InChI is InChI=1S/3C5H11.Sn.H/c3*1-3-5-4-2;;/h3*1,3-5H2,2H3;;. The van der Waals surface area contributed by atoms with Gasteiger partial charge in [-0.25, -0.2) is 0 Å². The third kappa shape index (κ3) is 11.3. The van der Waals surface area contributed by atoms with Gasteiger partial charge in [0.25, 0.3) is 0 Å². The molecule has 0 unspecified atom stereocenters. The van der Waals surface area contributed by atoms with Crippen molar-refractivity contribution in [2.24, 2.45) is 0 Å². The molecule has 0 aromatic heterocycles. The van der Waals surface area contributed by atoms with Crippen LogP contribution in [-0.2, 0) is 0 Å². The Morgan fingerprint density at radius 2 is 0.812 bits per heavy atom. The van der Waals surface area contributed by atoms with Crippen LogP contribution in [0.3, 0.4) is 0 Å². The van der Waals surface area contributed by atoms with Crippen LogP contribution in [0.15, 0.2) is 0 Å². The van der Waals surface area contributed by atoms with Gasteiger partial charge in [-0.2, -0.15) is 0 Å². The zero-order valence-corrected chi connectivity index (χ0v) is 15.4. The van der Waals surface area contributed by atoms with Crippen molar-refractivity contribution in [2.45, 2.75) is 91.9 Å². The van der Waals surface area contributed by atoms with Crippen LogP contribution in [0.1, 0.15) is 78.6 Å². The Morgan fingerprint density at radius 1 is 0.500 bits per heavy atom. The summed E-state index contributed by atoms with van der Waals surface area (Å²) in [6.45, 7) is 7.00. The van der Waals surface area contributed by atoms with Crippen LogP contribution in [0.2, 0.25) is 13.3 Å². The van der Waals surface area contributed by atoms with Crippen molar-refractivity contribution in [1.29, 1.82) is 0 Å². The molecule has 16 heavy (non-hydrogen) atoms. The van der Waals surface area contributed by atoms with Gasteiger partial charge in [0.15, 0.2) is 0 Å². The van der Waals surface area contributed by atoms with E-state index in [1.165, 1.54) is 38.5 Å². The molecular formula is C15H34Sn. The molecule has 98 valence electrons. The summed E-state index contributed by atoms with van der Waals surface area (Å²) in [5, 5.41) is 0. The molecule has 1 heteroatoms. The van der Waals surface area contributed by atoms with E-state index in [1.54, 1.807) is 32.6 Å². The summed E-state index contributed by atoms with van der Waals surface area (Å²) >= 11 is -1.03. The van der Waals surface area contributed by atoms with Crippen molar-refractivity contribution in [3.8, 4) is 0 Å². The number of unbranched alkanes of at least 4 members (excludes halogenated alkanes) is 6. The number of rotatable bonds is 12.